The van der Waals surface area contributed by atoms with Crippen LogP contribution < -0.4 is 0 Å². The quantitative estimate of drug-likeness (QED) is 0.427. The van der Waals surface area contributed by atoms with Crippen molar-refractivity contribution in [1.29, 1.82) is 0 Å². The Morgan fingerprint density at radius 3 is 2.47 bits per heavy atom. The topological polar surface area (TPSA) is 51.0 Å². The van der Waals surface area contributed by atoms with Gasteiger partial charge in [-0.25, -0.2) is 0 Å². The molecule has 2 aromatic carbocycles. The SMILES string of the molecule is CCN(C(=O)CSc1nnc(-c2ccccc2)n1-c1ccc(C)c(C)c1)C1CCCCC1. The van der Waals surface area contributed by atoms with Gasteiger partial charge in [0.1, 0.15) is 0 Å². The second kappa shape index (κ2) is 10.3. The highest BCUT2D eigenvalue weighted by Gasteiger charge is 2.25. The number of nitrogens with zero attached hydrogens (tertiary/aromatic N) is 4. The molecule has 0 N–H and O–H groups in total. The van der Waals surface area contributed by atoms with E-state index >= 15 is 0 Å². The Morgan fingerprint density at radius 2 is 1.78 bits per heavy atom. The molecule has 0 bridgehead atoms. The van der Waals surface area contributed by atoms with Gasteiger partial charge in [-0.05, 0) is 56.9 Å². The van der Waals surface area contributed by atoms with Crippen molar-refractivity contribution in [2.45, 2.75) is 64.1 Å². The van der Waals surface area contributed by atoms with E-state index in [1.165, 1.54) is 42.2 Å². The van der Waals surface area contributed by atoms with Crippen molar-refractivity contribution in [2.24, 2.45) is 0 Å². The number of amides is 1. The molecule has 1 aromatic heterocycles. The number of hydrogen-bond donors (Lipinski definition) is 0. The Bertz CT molecular complexity index is 1060. The van der Waals surface area contributed by atoms with E-state index < -0.39 is 0 Å². The molecule has 0 aliphatic heterocycles. The predicted molar refractivity (Wildman–Crippen MR) is 131 cm³/mol. The molecule has 0 spiro atoms. The molecule has 1 heterocycles. The van der Waals surface area contributed by atoms with Crippen LogP contribution >= 0.6 is 11.8 Å². The number of rotatable bonds is 7. The molecule has 6 heteroatoms. The van der Waals surface area contributed by atoms with Gasteiger partial charge >= 0.3 is 0 Å². The highest BCUT2D eigenvalue weighted by atomic mass is 32.2. The number of carbonyl (C=O) groups excluding carboxylic acids is 1. The Balaban J connectivity index is 1.61. The number of thioether (sulfide) groups is 1. The van der Waals surface area contributed by atoms with Gasteiger partial charge in [-0.2, -0.15) is 0 Å². The average Bonchev–Trinajstić information content (AvgIpc) is 3.25. The van der Waals surface area contributed by atoms with Crippen LogP contribution in [0.1, 0.15) is 50.2 Å². The normalized spacial score (nSPS) is 14.5. The molecule has 0 saturated heterocycles. The minimum Gasteiger partial charge on any atom is -0.339 e. The van der Waals surface area contributed by atoms with Crippen molar-refractivity contribution in [3.63, 3.8) is 0 Å². The third kappa shape index (κ3) is 4.90. The Labute approximate surface area is 195 Å². The molecule has 1 amide bonds. The number of hydrogen-bond acceptors (Lipinski definition) is 4. The zero-order chi connectivity index (χ0) is 22.5. The molecule has 1 aliphatic carbocycles. The first-order chi connectivity index (χ1) is 15.6. The summed E-state index contributed by atoms with van der Waals surface area (Å²) in [6.45, 7) is 7.08. The summed E-state index contributed by atoms with van der Waals surface area (Å²) in [4.78, 5) is 15.2. The fourth-order valence-electron chi connectivity index (χ4n) is 4.48. The second-order valence-corrected chi connectivity index (χ2v) is 9.48. The number of aromatic nitrogens is 3. The molecule has 5 nitrogen and oxygen atoms in total. The van der Waals surface area contributed by atoms with Crippen LogP contribution in [0.15, 0.2) is 53.7 Å². The van der Waals surface area contributed by atoms with Gasteiger partial charge in [0, 0.05) is 18.2 Å². The third-order valence-electron chi connectivity index (χ3n) is 6.42. The van der Waals surface area contributed by atoms with E-state index in [-0.39, 0.29) is 5.91 Å². The van der Waals surface area contributed by atoms with Gasteiger partial charge in [0.05, 0.1) is 11.4 Å². The summed E-state index contributed by atoms with van der Waals surface area (Å²) < 4.78 is 2.08. The second-order valence-electron chi connectivity index (χ2n) is 8.54. The summed E-state index contributed by atoms with van der Waals surface area (Å²) in [6, 6.07) is 16.9. The van der Waals surface area contributed by atoms with Crippen molar-refractivity contribution in [3.05, 3.63) is 59.7 Å². The van der Waals surface area contributed by atoms with Gasteiger partial charge < -0.3 is 4.90 Å². The smallest absolute Gasteiger partial charge is 0.233 e. The zero-order valence-electron chi connectivity index (χ0n) is 19.3. The maximum atomic E-state index is 13.1. The number of carbonyl (C=O) groups is 1. The molecular weight excluding hydrogens is 416 g/mol. The summed E-state index contributed by atoms with van der Waals surface area (Å²) >= 11 is 1.48. The van der Waals surface area contributed by atoms with Crippen LogP contribution in [0.2, 0.25) is 0 Å². The van der Waals surface area contributed by atoms with E-state index in [2.05, 4.69) is 58.6 Å². The van der Waals surface area contributed by atoms with Crippen LogP contribution in [0.3, 0.4) is 0 Å². The van der Waals surface area contributed by atoms with Crippen molar-refractivity contribution in [1.82, 2.24) is 19.7 Å². The molecule has 32 heavy (non-hydrogen) atoms. The van der Waals surface area contributed by atoms with Gasteiger partial charge in [0.15, 0.2) is 11.0 Å². The average molecular weight is 449 g/mol. The lowest BCUT2D eigenvalue weighted by atomic mass is 9.94. The van der Waals surface area contributed by atoms with E-state index in [0.29, 0.717) is 11.8 Å². The molecule has 3 aromatic rings. The van der Waals surface area contributed by atoms with Crippen LogP contribution in [0.25, 0.3) is 17.1 Å². The standard InChI is InChI=1S/C26H32N4OS/c1-4-29(22-13-9-6-10-14-22)24(31)18-32-26-28-27-25(21-11-7-5-8-12-21)30(26)23-16-15-19(2)20(3)17-23/h5,7-8,11-12,15-17,22H,4,6,9-10,13-14,18H2,1-3H3. The van der Waals surface area contributed by atoms with Crippen LogP contribution in [-0.4, -0.2) is 43.9 Å². The van der Waals surface area contributed by atoms with Crippen molar-refractivity contribution >= 4 is 17.7 Å². The van der Waals surface area contributed by atoms with Gasteiger partial charge in [0.2, 0.25) is 5.91 Å². The van der Waals surface area contributed by atoms with Crippen LogP contribution in [0.4, 0.5) is 0 Å². The number of benzene rings is 2. The molecule has 1 aliphatic rings. The molecule has 1 fully saturated rings. The lowest BCUT2D eigenvalue weighted by molar-refractivity contribution is -0.131. The maximum absolute atomic E-state index is 13.1. The molecular formula is C26H32N4OS. The monoisotopic (exact) mass is 448 g/mol. The fourth-order valence-corrected chi connectivity index (χ4v) is 5.31. The predicted octanol–water partition coefficient (Wildman–Crippen LogP) is 5.82. The minimum atomic E-state index is 0.195. The summed E-state index contributed by atoms with van der Waals surface area (Å²) in [5, 5.41) is 9.76. The minimum absolute atomic E-state index is 0.195. The summed E-state index contributed by atoms with van der Waals surface area (Å²) in [7, 11) is 0. The van der Waals surface area contributed by atoms with Gasteiger partial charge in [-0.3, -0.25) is 9.36 Å². The first kappa shape index (κ1) is 22.6. The molecule has 0 radical (unpaired) electrons. The Morgan fingerprint density at radius 1 is 1.03 bits per heavy atom. The first-order valence-electron chi connectivity index (χ1n) is 11.6. The summed E-state index contributed by atoms with van der Waals surface area (Å²) in [5.41, 5.74) is 4.50. The van der Waals surface area contributed by atoms with E-state index in [9.17, 15) is 4.79 Å². The lowest BCUT2D eigenvalue weighted by Crippen LogP contribution is -2.42. The van der Waals surface area contributed by atoms with Gasteiger partial charge in [0.25, 0.3) is 0 Å². The zero-order valence-corrected chi connectivity index (χ0v) is 20.1. The Hall–Kier alpha value is -2.60. The maximum Gasteiger partial charge on any atom is 0.233 e. The van der Waals surface area contributed by atoms with Gasteiger partial charge in [-0.1, -0.05) is 67.4 Å². The van der Waals surface area contributed by atoms with Gasteiger partial charge in [-0.15, -0.1) is 10.2 Å². The Kier molecular flexibility index (Phi) is 7.30. The fraction of sp³-hybridized carbons (Fsp3) is 0.423. The molecule has 0 atom stereocenters. The molecule has 0 unspecified atom stereocenters. The molecule has 4 rings (SSSR count). The van der Waals surface area contributed by atoms with E-state index in [1.807, 2.05) is 30.3 Å². The lowest BCUT2D eigenvalue weighted by Gasteiger charge is -2.33. The van der Waals surface area contributed by atoms with E-state index in [4.69, 9.17) is 0 Å². The van der Waals surface area contributed by atoms with Crippen LogP contribution in [0, 0.1) is 13.8 Å². The van der Waals surface area contributed by atoms with Crippen LogP contribution in [0.5, 0.6) is 0 Å². The van der Waals surface area contributed by atoms with E-state index in [1.54, 1.807) is 0 Å². The number of aryl methyl sites for hydroxylation is 2. The van der Waals surface area contributed by atoms with Crippen LogP contribution in [-0.2, 0) is 4.79 Å². The summed E-state index contributed by atoms with van der Waals surface area (Å²) in [5.74, 6) is 1.37. The van der Waals surface area contributed by atoms with Crippen molar-refractivity contribution in [2.75, 3.05) is 12.3 Å². The largest absolute Gasteiger partial charge is 0.339 e. The van der Waals surface area contributed by atoms with Crippen molar-refractivity contribution in [3.8, 4) is 17.1 Å². The summed E-state index contributed by atoms with van der Waals surface area (Å²) in [6.07, 6.45) is 5.99. The third-order valence-corrected chi connectivity index (χ3v) is 7.33. The highest BCUT2D eigenvalue weighted by molar-refractivity contribution is 7.99. The first-order valence-corrected chi connectivity index (χ1v) is 12.6. The molecule has 168 valence electrons. The van der Waals surface area contributed by atoms with E-state index in [0.717, 1.165) is 41.6 Å². The highest BCUT2D eigenvalue weighted by Crippen LogP contribution is 2.30. The van der Waals surface area contributed by atoms with Crippen molar-refractivity contribution < 1.29 is 4.79 Å². The molecule has 1 saturated carbocycles.